The number of nitrogens with one attached hydrogen (secondary N) is 1. The predicted molar refractivity (Wildman–Crippen MR) is 71.0 cm³/mol. The fraction of sp³-hybridized carbons (Fsp3) is 0.636. The van der Waals surface area contributed by atoms with Crippen LogP contribution in [0.25, 0.3) is 0 Å². The highest BCUT2D eigenvalue weighted by atomic mass is 79.9. The maximum Gasteiger partial charge on any atom is 0.0894 e. The Labute approximate surface area is 109 Å². The Kier molecular flexibility index (Phi) is 5.40. The van der Waals surface area contributed by atoms with Gasteiger partial charge in [-0.25, -0.2) is 0 Å². The second-order valence-corrected chi connectivity index (χ2v) is 6.92. The lowest BCUT2D eigenvalue weighted by atomic mass is 9.91. The smallest absolute Gasteiger partial charge is 0.0894 e. The first kappa shape index (κ1) is 14.1. The molecule has 16 heavy (non-hydrogen) atoms. The van der Waals surface area contributed by atoms with Crippen molar-refractivity contribution in [2.24, 2.45) is 0 Å². The summed E-state index contributed by atoms with van der Waals surface area (Å²) in [5.74, 6) is 0. The van der Waals surface area contributed by atoms with Gasteiger partial charge in [0.25, 0.3) is 0 Å². The van der Waals surface area contributed by atoms with Crippen molar-refractivity contribution in [2.45, 2.75) is 25.4 Å². The number of halogens is 1. The third kappa shape index (κ3) is 4.14. The van der Waals surface area contributed by atoms with Crippen molar-refractivity contribution < 1.29 is 10.2 Å². The molecule has 0 aliphatic rings. The van der Waals surface area contributed by atoms with E-state index in [0.29, 0.717) is 6.54 Å². The molecule has 0 saturated heterocycles. The third-order valence-corrected chi connectivity index (χ3v) is 4.39. The van der Waals surface area contributed by atoms with Crippen molar-refractivity contribution in [3.63, 3.8) is 0 Å². The Morgan fingerprint density at radius 1 is 1.50 bits per heavy atom. The van der Waals surface area contributed by atoms with E-state index in [1.165, 1.54) is 4.88 Å². The largest absolute Gasteiger partial charge is 0.394 e. The molecule has 0 amide bonds. The van der Waals surface area contributed by atoms with Gasteiger partial charge in [-0.15, -0.1) is 11.3 Å². The molecule has 5 heteroatoms. The van der Waals surface area contributed by atoms with E-state index in [4.69, 9.17) is 5.11 Å². The van der Waals surface area contributed by atoms with E-state index in [2.05, 4.69) is 41.2 Å². The van der Waals surface area contributed by atoms with Gasteiger partial charge in [0.05, 0.1) is 16.5 Å². The molecule has 1 aromatic heterocycles. The fourth-order valence-corrected chi connectivity index (χ4v) is 2.87. The quantitative estimate of drug-likeness (QED) is 0.750. The number of thiophene rings is 1. The minimum Gasteiger partial charge on any atom is -0.394 e. The standard InChI is InChI=1S/C11H18BrNO2S/c1-11(2,7-13-5-8(15)6-14)9-3-4-10(12)16-9/h3-4,8,13-15H,5-7H2,1-2H3. The van der Waals surface area contributed by atoms with Crippen molar-refractivity contribution in [3.05, 3.63) is 20.8 Å². The van der Waals surface area contributed by atoms with Gasteiger partial charge in [0.15, 0.2) is 0 Å². The maximum atomic E-state index is 9.21. The SMILES string of the molecule is CC(C)(CNCC(O)CO)c1ccc(Br)s1. The van der Waals surface area contributed by atoms with Crippen molar-refractivity contribution in [1.82, 2.24) is 5.32 Å². The molecule has 0 aliphatic carbocycles. The van der Waals surface area contributed by atoms with Crippen LogP contribution in [0.3, 0.4) is 0 Å². The van der Waals surface area contributed by atoms with Crippen LogP contribution in [0.5, 0.6) is 0 Å². The number of hydrogen-bond acceptors (Lipinski definition) is 4. The minimum atomic E-state index is -0.675. The summed E-state index contributed by atoms with van der Waals surface area (Å²) >= 11 is 5.18. The molecule has 0 aromatic carbocycles. The van der Waals surface area contributed by atoms with E-state index in [1.54, 1.807) is 11.3 Å². The minimum absolute atomic E-state index is 0.0336. The van der Waals surface area contributed by atoms with Crippen LogP contribution in [-0.2, 0) is 5.41 Å². The van der Waals surface area contributed by atoms with Crippen molar-refractivity contribution in [2.75, 3.05) is 19.7 Å². The fourth-order valence-electron chi connectivity index (χ4n) is 1.38. The topological polar surface area (TPSA) is 52.5 Å². The summed E-state index contributed by atoms with van der Waals surface area (Å²) in [7, 11) is 0. The van der Waals surface area contributed by atoms with Gasteiger partial charge in [0.1, 0.15) is 0 Å². The van der Waals surface area contributed by atoms with Gasteiger partial charge in [-0.05, 0) is 28.1 Å². The van der Waals surface area contributed by atoms with Gasteiger partial charge >= 0.3 is 0 Å². The molecule has 3 nitrogen and oxygen atoms in total. The van der Waals surface area contributed by atoms with Gasteiger partial charge in [0, 0.05) is 23.4 Å². The molecule has 92 valence electrons. The maximum absolute atomic E-state index is 9.21. The molecule has 3 N–H and O–H groups in total. The van der Waals surface area contributed by atoms with E-state index in [1.807, 2.05) is 6.07 Å². The Morgan fingerprint density at radius 3 is 2.69 bits per heavy atom. The van der Waals surface area contributed by atoms with Crippen molar-refractivity contribution in [3.8, 4) is 0 Å². The molecule has 0 spiro atoms. The van der Waals surface area contributed by atoms with Crippen LogP contribution in [0.15, 0.2) is 15.9 Å². The van der Waals surface area contributed by atoms with Gasteiger partial charge in [-0.1, -0.05) is 13.8 Å². The Morgan fingerprint density at radius 2 is 2.19 bits per heavy atom. The van der Waals surface area contributed by atoms with E-state index < -0.39 is 6.10 Å². The normalized spacial score (nSPS) is 14.1. The summed E-state index contributed by atoms with van der Waals surface area (Å²) in [4.78, 5) is 1.30. The molecule has 1 unspecified atom stereocenters. The Hall–Kier alpha value is 0.0600. The molecule has 0 aliphatic heterocycles. The molecule has 1 atom stereocenters. The third-order valence-electron chi connectivity index (χ3n) is 2.40. The first-order valence-corrected chi connectivity index (χ1v) is 6.82. The van der Waals surface area contributed by atoms with E-state index >= 15 is 0 Å². The summed E-state index contributed by atoms with van der Waals surface area (Å²) in [6, 6.07) is 4.16. The number of rotatable bonds is 6. The first-order valence-electron chi connectivity index (χ1n) is 5.21. The van der Waals surface area contributed by atoms with Crippen molar-refractivity contribution >= 4 is 27.3 Å². The Bertz CT molecular complexity index is 328. The predicted octanol–water partition coefficient (Wildman–Crippen LogP) is 1.73. The number of aliphatic hydroxyl groups excluding tert-OH is 2. The van der Waals surface area contributed by atoms with Crippen LogP contribution >= 0.6 is 27.3 Å². The molecule has 1 rings (SSSR count). The average Bonchev–Trinajstić information content (AvgIpc) is 2.65. The molecule has 0 radical (unpaired) electrons. The molecular weight excluding hydrogens is 290 g/mol. The van der Waals surface area contributed by atoms with Gasteiger partial charge in [0.2, 0.25) is 0 Å². The highest BCUT2D eigenvalue weighted by molar-refractivity contribution is 9.11. The van der Waals surface area contributed by atoms with Crippen LogP contribution in [0.4, 0.5) is 0 Å². The molecule has 0 bridgehead atoms. The molecular formula is C11H18BrNO2S. The lowest BCUT2D eigenvalue weighted by molar-refractivity contribution is 0.0935. The van der Waals surface area contributed by atoms with Crippen LogP contribution < -0.4 is 5.32 Å². The van der Waals surface area contributed by atoms with Gasteiger partial charge in [-0.3, -0.25) is 0 Å². The molecule has 1 aromatic rings. The highest BCUT2D eigenvalue weighted by Crippen LogP contribution is 2.32. The van der Waals surface area contributed by atoms with Gasteiger partial charge in [-0.2, -0.15) is 0 Å². The second kappa shape index (κ2) is 6.12. The molecule has 1 heterocycles. The zero-order valence-electron chi connectivity index (χ0n) is 9.53. The van der Waals surface area contributed by atoms with E-state index in [-0.39, 0.29) is 12.0 Å². The summed E-state index contributed by atoms with van der Waals surface area (Å²) in [6.07, 6.45) is -0.675. The molecule has 0 saturated carbocycles. The lowest BCUT2D eigenvalue weighted by Gasteiger charge is -2.24. The van der Waals surface area contributed by atoms with Crippen LogP contribution in [0, 0.1) is 0 Å². The number of aliphatic hydroxyl groups is 2. The lowest BCUT2D eigenvalue weighted by Crippen LogP contribution is -2.37. The van der Waals surface area contributed by atoms with Gasteiger partial charge < -0.3 is 15.5 Å². The monoisotopic (exact) mass is 307 g/mol. The zero-order chi connectivity index (χ0) is 12.2. The summed E-state index contributed by atoms with van der Waals surface area (Å²) in [5, 5.41) is 21.1. The molecule has 0 fully saturated rings. The van der Waals surface area contributed by atoms with E-state index in [0.717, 1.165) is 10.3 Å². The summed E-state index contributed by atoms with van der Waals surface area (Å²) in [6.45, 7) is 5.31. The zero-order valence-corrected chi connectivity index (χ0v) is 11.9. The Balaban J connectivity index is 2.46. The highest BCUT2D eigenvalue weighted by Gasteiger charge is 2.22. The summed E-state index contributed by atoms with van der Waals surface area (Å²) < 4.78 is 1.13. The van der Waals surface area contributed by atoms with Crippen LogP contribution in [-0.4, -0.2) is 36.0 Å². The first-order chi connectivity index (χ1) is 7.45. The van der Waals surface area contributed by atoms with Crippen LogP contribution in [0.1, 0.15) is 18.7 Å². The van der Waals surface area contributed by atoms with E-state index in [9.17, 15) is 5.11 Å². The second-order valence-electron chi connectivity index (χ2n) is 4.45. The van der Waals surface area contributed by atoms with Crippen molar-refractivity contribution in [1.29, 1.82) is 0 Å². The summed E-state index contributed by atoms with van der Waals surface area (Å²) in [5.41, 5.74) is 0.0336. The average molecular weight is 308 g/mol. The van der Waals surface area contributed by atoms with Crippen LogP contribution in [0.2, 0.25) is 0 Å². The number of hydrogen-bond donors (Lipinski definition) is 3.